The summed E-state index contributed by atoms with van der Waals surface area (Å²) in [5, 5.41) is 2.66. The fourth-order valence-corrected chi connectivity index (χ4v) is 2.27. The van der Waals surface area contributed by atoms with Crippen molar-refractivity contribution in [3.05, 3.63) is 71.8 Å². The van der Waals surface area contributed by atoms with E-state index in [9.17, 15) is 9.59 Å². The van der Waals surface area contributed by atoms with Gasteiger partial charge >= 0.3 is 12.1 Å². The van der Waals surface area contributed by atoms with Crippen LogP contribution in [0, 0.1) is 0 Å². The summed E-state index contributed by atoms with van der Waals surface area (Å²) in [6.45, 7) is 2.27. The average Bonchev–Trinajstić information content (AvgIpc) is 2.65. The Balaban J connectivity index is 1.87. The number of alkyl carbamates (subject to hydrolysis) is 1. The van der Waals surface area contributed by atoms with Crippen LogP contribution in [0.3, 0.4) is 0 Å². The van der Waals surface area contributed by atoms with Gasteiger partial charge in [0.05, 0.1) is 6.54 Å². The lowest BCUT2D eigenvalue weighted by molar-refractivity contribution is -0.149. The lowest BCUT2D eigenvalue weighted by Crippen LogP contribution is -2.31. The van der Waals surface area contributed by atoms with Crippen LogP contribution in [0.1, 0.15) is 37.0 Å². The smallest absolute Gasteiger partial charge is 0.407 e. The predicted molar refractivity (Wildman–Crippen MR) is 94.8 cm³/mol. The van der Waals surface area contributed by atoms with Crippen molar-refractivity contribution in [3.8, 4) is 0 Å². The molecular formula is C20H23NO4. The molecule has 2 rings (SSSR count). The summed E-state index contributed by atoms with van der Waals surface area (Å²) in [4.78, 5) is 23.7. The normalized spacial score (nSPS) is 11.4. The highest BCUT2D eigenvalue weighted by molar-refractivity contribution is 5.70. The molecule has 0 saturated carbocycles. The molecule has 132 valence electrons. The van der Waals surface area contributed by atoms with Crippen molar-refractivity contribution < 1.29 is 19.1 Å². The molecule has 0 aromatic heterocycles. The van der Waals surface area contributed by atoms with Crippen molar-refractivity contribution in [1.82, 2.24) is 5.32 Å². The Morgan fingerprint density at radius 2 is 1.64 bits per heavy atom. The molecule has 2 aromatic carbocycles. The van der Waals surface area contributed by atoms with E-state index < -0.39 is 12.2 Å². The first-order valence-corrected chi connectivity index (χ1v) is 8.38. The van der Waals surface area contributed by atoms with E-state index >= 15 is 0 Å². The summed E-state index contributed by atoms with van der Waals surface area (Å²) >= 11 is 0. The molecule has 0 aliphatic rings. The van der Waals surface area contributed by atoms with Crippen LogP contribution >= 0.6 is 0 Å². The summed E-state index contributed by atoms with van der Waals surface area (Å²) in [7, 11) is 0. The van der Waals surface area contributed by atoms with Gasteiger partial charge < -0.3 is 14.8 Å². The number of rotatable bonds is 8. The van der Waals surface area contributed by atoms with Crippen LogP contribution in [0.5, 0.6) is 0 Å². The maximum atomic E-state index is 11.9. The summed E-state index contributed by atoms with van der Waals surface area (Å²) in [5.74, 6) is -0.282. The van der Waals surface area contributed by atoms with E-state index in [4.69, 9.17) is 9.47 Å². The average molecular weight is 341 g/mol. The highest BCUT2D eigenvalue weighted by Crippen LogP contribution is 2.17. The van der Waals surface area contributed by atoms with Crippen LogP contribution in [0.2, 0.25) is 0 Å². The third kappa shape index (κ3) is 6.67. The second kappa shape index (κ2) is 10.1. The van der Waals surface area contributed by atoms with Gasteiger partial charge in [-0.15, -0.1) is 0 Å². The first kappa shape index (κ1) is 18.5. The van der Waals surface area contributed by atoms with Gasteiger partial charge in [0.1, 0.15) is 12.7 Å². The van der Waals surface area contributed by atoms with Crippen molar-refractivity contribution in [2.24, 2.45) is 0 Å². The van der Waals surface area contributed by atoms with E-state index in [2.05, 4.69) is 5.32 Å². The molecule has 0 heterocycles. The van der Waals surface area contributed by atoms with Gasteiger partial charge in [-0.3, -0.25) is 4.79 Å². The second-order valence-electron chi connectivity index (χ2n) is 5.58. The van der Waals surface area contributed by atoms with Gasteiger partial charge in [-0.2, -0.15) is 0 Å². The molecule has 0 fully saturated rings. The zero-order chi connectivity index (χ0) is 17.9. The number of esters is 1. The maximum Gasteiger partial charge on any atom is 0.407 e. The van der Waals surface area contributed by atoms with E-state index in [0.29, 0.717) is 12.8 Å². The van der Waals surface area contributed by atoms with Gasteiger partial charge in [0.25, 0.3) is 0 Å². The first-order valence-electron chi connectivity index (χ1n) is 8.38. The summed E-state index contributed by atoms with van der Waals surface area (Å²) in [6.07, 6.45) is -0.0184. The summed E-state index contributed by atoms with van der Waals surface area (Å²) in [5.41, 5.74) is 1.74. The Bertz CT molecular complexity index is 658. The SMILES string of the molecule is CCCC(=O)O[C@@H](CNC(=O)OCc1ccccc1)c1ccccc1. The lowest BCUT2D eigenvalue weighted by atomic mass is 10.1. The molecule has 1 amide bonds. The minimum Gasteiger partial charge on any atom is -0.456 e. The van der Waals surface area contributed by atoms with E-state index in [1.807, 2.05) is 67.6 Å². The minimum atomic E-state index is -0.545. The van der Waals surface area contributed by atoms with Crippen molar-refractivity contribution >= 4 is 12.1 Å². The molecule has 5 nitrogen and oxygen atoms in total. The van der Waals surface area contributed by atoms with Crippen LogP contribution < -0.4 is 5.32 Å². The highest BCUT2D eigenvalue weighted by atomic mass is 16.6. The zero-order valence-electron chi connectivity index (χ0n) is 14.3. The Labute approximate surface area is 148 Å². The molecule has 0 saturated heterocycles. The molecule has 2 aromatic rings. The number of carbonyl (C=O) groups excluding carboxylic acids is 2. The lowest BCUT2D eigenvalue weighted by Gasteiger charge is -2.19. The predicted octanol–water partition coefficient (Wildman–Crippen LogP) is 4.00. The Hall–Kier alpha value is -2.82. The molecule has 0 bridgehead atoms. The molecule has 0 aliphatic heterocycles. The fourth-order valence-electron chi connectivity index (χ4n) is 2.27. The van der Waals surface area contributed by atoms with Crippen LogP contribution in [0.25, 0.3) is 0 Å². The van der Waals surface area contributed by atoms with E-state index in [0.717, 1.165) is 11.1 Å². The van der Waals surface area contributed by atoms with Gasteiger partial charge in [0.2, 0.25) is 0 Å². The fraction of sp³-hybridized carbons (Fsp3) is 0.300. The van der Waals surface area contributed by atoms with Crippen molar-refractivity contribution in [2.75, 3.05) is 6.54 Å². The molecule has 0 aliphatic carbocycles. The van der Waals surface area contributed by atoms with Crippen molar-refractivity contribution in [1.29, 1.82) is 0 Å². The summed E-state index contributed by atoms with van der Waals surface area (Å²) < 4.78 is 10.7. The monoisotopic (exact) mass is 341 g/mol. The van der Waals surface area contributed by atoms with Crippen molar-refractivity contribution in [3.63, 3.8) is 0 Å². The van der Waals surface area contributed by atoms with Crippen LogP contribution in [0.15, 0.2) is 60.7 Å². The number of amides is 1. The van der Waals surface area contributed by atoms with Gasteiger partial charge in [-0.25, -0.2) is 4.79 Å². The van der Waals surface area contributed by atoms with E-state index in [1.165, 1.54) is 0 Å². The van der Waals surface area contributed by atoms with Crippen LogP contribution in [0.4, 0.5) is 4.79 Å². The number of hydrogen-bond acceptors (Lipinski definition) is 4. The number of hydrogen-bond donors (Lipinski definition) is 1. The topological polar surface area (TPSA) is 64.6 Å². The first-order chi connectivity index (χ1) is 12.2. The van der Waals surface area contributed by atoms with Crippen LogP contribution in [-0.2, 0) is 20.9 Å². The molecule has 1 atom stereocenters. The van der Waals surface area contributed by atoms with Gasteiger partial charge in [-0.1, -0.05) is 67.6 Å². The molecule has 25 heavy (non-hydrogen) atoms. The number of nitrogens with one attached hydrogen (secondary N) is 1. The third-order valence-electron chi connectivity index (χ3n) is 3.54. The molecule has 5 heteroatoms. The molecule has 0 spiro atoms. The number of benzene rings is 2. The highest BCUT2D eigenvalue weighted by Gasteiger charge is 2.17. The summed E-state index contributed by atoms with van der Waals surface area (Å²) in [6, 6.07) is 18.8. The van der Waals surface area contributed by atoms with Crippen LogP contribution in [-0.4, -0.2) is 18.6 Å². The standard InChI is InChI=1S/C20H23NO4/c1-2-9-19(22)25-18(17-12-7-4-8-13-17)14-21-20(23)24-15-16-10-5-3-6-11-16/h3-8,10-13,18H,2,9,14-15H2,1H3,(H,21,23)/t18-/m0/s1. The molecular weight excluding hydrogens is 318 g/mol. The maximum absolute atomic E-state index is 11.9. The quantitative estimate of drug-likeness (QED) is 0.737. The molecule has 0 radical (unpaired) electrons. The Kier molecular flexibility index (Phi) is 7.50. The van der Waals surface area contributed by atoms with E-state index in [1.54, 1.807) is 0 Å². The molecule has 0 unspecified atom stereocenters. The van der Waals surface area contributed by atoms with Crippen molar-refractivity contribution in [2.45, 2.75) is 32.5 Å². The number of carbonyl (C=O) groups is 2. The number of ether oxygens (including phenoxy) is 2. The van der Waals surface area contributed by atoms with Gasteiger partial charge in [-0.05, 0) is 17.5 Å². The van der Waals surface area contributed by atoms with Gasteiger partial charge in [0.15, 0.2) is 0 Å². The Morgan fingerprint density at radius 1 is 1.00 bits per heavy atom. The van der Waals surface area contributed by atoms with Gasteiger partial charge in [0, 0.05) is 6.42 Å². The second-order valence-corrected chi connectivity index (χ2v) is 5.58. The Morgan fingerprint density at radius 3 is 2.28 bits per heavy atom. The molecule has 1 N–H and O–H groups in total. The minimum absolute atomic E-state index is 0.160. The van der Waals surface area contributed by atoms with E-state index in [-0.39, 0.29) is 19.1 Å². The third-order valence-corrected chi connectivity index (χ3v) is 3.54. The zero-order valence-corrected chi connectivity index (χ0v) is 14.3. The largest absolute Gasteiger partial charge is 0.456 e.